The fraction of sp³-hybridized carbons (Fsp3) is 0.519. The van der Waals surface area contributed by atoms with E-state index in [1.165, 1.54) is 31.3 Å². The largest absolute Gasteiger partial charge is 0.480 e. The lowest BCUT2D eigenvalue weighted by molar-refractivity contribution is -0.149. The zero-order valence-corrected chi connectivity index (χ0v) is 48.1. The number of H-pyrrole nitrogens is 1. The summed E-state index contributed by atoms with van der Waals surface area (Å²) in [6.45, 7) is 1.10. The van der Waals surface area contributed by atoms with Gasteiger partial charge in [-0.25, -0.2) is 9.78 Å². The summed E-state index contributed by atoms with van der Waals surface area (Å²) in [5.41, 5.74) is 29.4. The van der Waals surface area contributed by atoms with Gasteiger partial charge in [-0.1, -0.05) is 60.7 Å². The third-order valence-electron chi connectivity index (χ3n) is 13.6. The van der Waals surface area contributed by atoms with Crippen molar-refractivity contribution in [1.29, 1.82) is 0 Å². The Bertz CT molecular complexity index is 2710. The summed E-state index contributed by atoms with van der Waals surface area (Å²) >= 11 is 0. The van der Waals surface area contributed by atoms with Gasteiger partial charge in [0.05, 0.1) is 26.0 Å². The van der Waals surface area contributed by atoms with Gasteiger partial charge < -0.3 is 96.6 Å². The molecule has 2 aromatic carbocycles. The molecule has 0 saturated carbocycles. The normalized spacial score (nSPS) is 15.7. The van der Waals surface area contributed by atoms with E-state index in [1.54, 1.807) is 60.7 Å². The SMILES string of the molecule is C[C@H](NC(=O)CN)C(=O)N[C@@H](Cc1ccccc1)C(=O)N[C@@H](Cc1ccccc1)C(=O)N[C@@H](CO)C(=O)N[C@@H](C)C(=O)N[C@@H](CCCNC(N)N)C(=O)NCC(=O)N[C@@H](Cc1cnc[nH]1)C(=O)N[C@@H](CCCNC(N)N)C(=O)N1CCC[C@H]1C(=O)O. The number of aromatic amines is 1. The van der Waals surface area contributed by atoms with E-state index >= 15 is 0 Å². The minimum absolute atomic E-state index is 0.0357. The van der Waals surface area contributed by atoms with E-state index in [9.17, 15) is 63.0 Å². The Hall–Kier alpha value is -8.50. The third-order valence-corrected chi connectivity index (χ3v) is 13.6. The average Bonchev–Trinajstić information content (AvgIpc) is 4.39. The van der Waals surface area contributed by atoms with E-state index in [1.807, 2.05) is 0 Å². The first-order chi connectivity index (χ1) is 41.0. The second-order valence-corrected chi connectivity index (χ2v) is 20.5. The van der Waals surface area contributed by atoms with Crippen molar-refractivity contribution in [3.8, 4) is 0 Å². The number of carbonyl (C=O) groups is 11. The van der Waals surface area contributed by atoms with Crippen LogP contribution in [0.4, 0.5) is 0 Å². The second kappa shape index (κ2) is 36.4. The number of benzene rings is 2. The number of nitrogens with zero attached hydrogens (tertiary/aromatic N) is 2. The first kappa shape index (κ1) is 70.0. The maximum atomic E-state index is 14.1. The van der Waals surface area contributed by atoms with Gasteiger partial charge in [-0.05, 0) is 76.6 Å². The van der Waals surface area contributed by atoms with Crippen LogP contribution in [0, 0.1) is 0 Å². The molecular formula is C54H83N19O13. The van der Waals surface area contributed by atoms with E-state index in [0.717, 1.165) is 0 Å². The third kappa shape index (κ3) is 24.2. The van der Waals surface area contributed by atoms with Gasteiger partial charge in [0.25, 0.3) is 0 Å². The van der Waals surface area contributed by atoms with Crippen LogP contribution >= 0.6 is 0 Å². The number of imidazole rings is 1. The minimum Gasteiger partial charge on any atom is -0.480 e. The number of carboxylic acids is 1. The number of aliphatic hydroxyl groups excluding tert-OH is 1. The molecule has 2 heterocycles. The summed E-state index contributed by atoms with van der Waals surface area (Å²) in [7, 11) is 0. The summed E-state index contributed by atoms with van der Waals surface area (Å²) in [6.07, 6.45) is 1.69. The number of rotatable bonds is 37. The molecule has 24 N–H and O–H groups in total. The van der Waals surface area contributed by atoms with Crippen molar-refractivity contribution < 1.29 is 63.0 Å². The van der Waals surface area contributed by atoms with Gasteiger partial charge in [-0.15, -0.1) is 0 Å². The Kier molecular flexibility index (Phi) is 29.6. The predicted octanol–water partition coefficient (Wildman–Crippen LogP) is -7.36. The number of carbonyl (C=O) groups excluding carboxylic acids is 10. The highest BCUT2D eigenvalue weighted by Crippen LogP contribution is 2.20. The fourth-order valence-corrected chi connectivity index (χ4v) is 8.99. The van der Waals surface area contributed by atoms with Crippen LogP contribution in [0.25, 0.3) is 0 Å². The number of nitrogens with two attached hydrogens (primary N) is 5. The Labute approximate surface area is 496 Å². The average molecular weight is 1210 g/mol. The summed E-state index contributed by atoms with van der Waals surface area (Å²) in [5, 5.41) is 48.5. The quantitative estimate of drug-likeness (QED) is 0.0188. The van der Waals surface area contributed by atoms with Crippen LogP contribution in [0.1, 0.15) is 69.2 Å². The lowest BCUT2D eigenvalue weighted by atomic mass is 10.0. The molecule has 1 aliphatic rings. The first-order valence-electron chi connectivity index (χ1n) is 28.1. The lowest BCUT2D eigenvalue weighted by Gasteiger charge is -2.29. The van der Waals surface area contributed by atoms with Crippen LogP contribution in [0.15, 0.2) is 73.2 Å². The molecular weight excluding hydrogens is 1120 g/mol. The number of nitrogens with one attached hydrogen (secondary N) is 12. The first-order valence-corrected chi connectivity index (χ1v) is 28.1. The van der Waals surface area contributed by atoms with Crippen LogP contribution in [-0.2, 0) is 72.0 Å². The van der Waals surface area contributed by atoms with Gasteiger partial charge in [0.1, 0.15) is 67.0 Å². The van der Waals surface area contributed by atoms with Crippen molar-refractivity contribution in [2.45, 2.75) is 139 Å². The standard InChI is InChI=1S/C54H83N19O13/c1-30(65-42(75)25-55)44(77)70-37(22-32-12-5-3-6-13-32)47(80)71-38(23-33-14-7-4-8-15-33)48(81)72-40(28-74)50(83)66-31(2)45(78)68-35(16-9-19-61-53(56)57)46(79)63-27-43(76)67-39(24-34-26-60-29-64-34)49(82)69-36(17-10-20-62-54(58)59)51(84)73-21-11-18-41(73)52(85)86/h3-8,12-15,26,29-31,35-41,53-54,61-62,74H,9-11,16-25,27-28,55-59H2,1-2H3,(H,60,64)(H,63,79)(H,65,75)(H,66,83)(H,67,76)(H,68,78)(H,69,82)(H,70,77)(H,71,80)(H,72,81)(H,85,86)/t30-,31-,35-,36-,37-,38-,39-,40-,41-/m0/s1. The van der Waals surface area contributed by atoms with Crippen molar-refractivity contribution in [2.24, 2.45) is 28.7 Å². The Morgan fingerprint density at radius 1 is 0.593 bits per heavy atom. The van der Waals surface area contributed by atoms with E-state index in [4.69, 9.17) is 28.7 Å². The number of aliphatic carboxylic acids is 1. The second-order valence-electron chi connectivity index (χ2n) is 20.5. The highest BCUT2D eigenvalue weighted by atomic mass is 16.4. The maximum absolute atomic E-state index is 14.1. The van der Waals surface area contributed by atoms with Gasteiger partial charge in [0.15, 0.2) is 0 Å². The summed E-state index contributed by atoms with van der Waals surface area (Å²) in [5.74, 6) is -9.48. The monoisotopic (exact) mass is 1210 g/mol. The number of aromatic nitrogens is 2. The van der Waals surface area contributed by atoms with Gasteiger partial charge in [0.2, 0.25) is 59.1 Å². The van der Waals surface area contributed by atoms with Crippen molar-refractivity contribution in [2.75, 3.05) is 39.3 Å². The summed E-state index contributed by atoms with van der Waals surface area (Å²) < 4.78 is 0. The fourth-order valence-electron chi connectivity index (χ4n) is 8.99. The molecule has 32 nitrogen and oxygen atoms in total. The smallest absolute Gasteiger partial charge is 0.326 e. The topological polar surface area (TPSA) is 523 Å². The zero-order valence-electron chi connectivity index (χ0n) is 48.1. The van der Waals surface area contributed by atoms with Gasteiger partial charge in [0, 0.05) is 37.7 Å². The number of hydrogen-bond donors (Lipinski definition) is 19. The van der Waals surface area contributed by atoms with Crippen LogP contribution < -0.4 is 87.2 Å². The highest BCUT2D eigenvalue weighted by Gasteiger charge is 2.39. The van der Waals surface area contributed by atoms with Crippen LogP contribution in [0.5, 0.6) is 0 Å². The van der Waals surface area contributed by atoms with Crippen LogP contribution in [-0.4, -0.2) is 196 Å². The summed E-state index contributed by atoms with van der Waals surface area (Å²) in [6, 6.07) is 5.10. The molecule has 86 heavy (non-hydrogen) atoms. The molecule has 10 amide bonds. The number of likely N-dealkylation sites (tertiary alicyclic amines) is 1. The number of aliphatic hydroxyl groups is 1. The molecule has 0 unspecified atom stereocenters. The Morgan fingerprint density at radius 3 is 1.57 bits per heavy atom. The molecule has 0 radical (unpaired) electrons. The molecule has 1 saturated heterocycles. The molecule has 3 aromatic rings. The van der Waals surface area contributed by atoms with Crippen LogP contribution in [0.3, 0.4) is 0 Å². The van der Waals surface area contributed by atoms with Gasteiger partial charge in [-0.2, -0.15) is 0 Å². The zero-order chi connectivity index (χ0) is 63.3. The number of hydrogen-bond acceptors (Lipinski definition) is 20. The highest BCUT2D eigenvalue weighted by molar-refractivity contribution is 5.98. The lowest BCUT2D eigenvalue weighted by Crippen LogP contribution is -2.60. The minimum atomic E-state index is -1.71. The van der Waals surface area contributed by atoms with E-state index in [2.05, 4.69) is 68.5 Å². The van der Waals surface area contributed by atoms with Crippen LogP contribution in [0.2, 0.25) is 0 Å². The molecule has 0 aliphatic carbocycles. The molecule has 472 valence electrons. The molecule has 4 rings (SSSR count). The van der Waals surface area contributed by atoms with Crippen molar-refractivity contribution in [3.63, 3.8) is 0 Å². The Morgan fingerprint density at radius 2 is 1.07 bits per heavy atom. The van der Waals surface area contributed by atoms with Crippen molar-refractivity contribution >= 4 is 65.0 Å². The molecule has 32 heteroatoms. The summed E-state index contributed by atoms with van der Waals surface area (Å²) in [4.78, 5) is 156. The predicted molar refractivity (Wildman–Crippen MR) is 310 cm³/mol. The maximum Gasteiger partial charge on any atom is 0.326 e. The van der Waals surface area contributed by atoms with Gasteiger partial charge >= 0.3 is 5.97 Å². The molecule has 0 spiro atoms. The van der Waals surface area contributed by atoms with E-state index in [0.29, 0.717) is 23.2 Å². The molecule has 9 atom stereocenters. The number of carboxylic acid groups (broad SMARTS) is 1. The Balaban J connectivity index is 1.46. The van der Waals surface area contributed by atoms with E-state index in [-0.39, 0.29) is 77.5 Å². The van der Waals surface area contributed by atoms with Crippen molar-refractivity contribution in [1.82, 2.24) is 73.4 Å². The molecule has 1 fully saturated rings. The van der Waals surface area contributed by atoms with Crippen molar-refractivity contribution in [3.05, 3.63) is 90.0 Å². The van der Waals surface area contributed by atoms with Gasteiger partial charge in [-0.3, -0.25) is 58.6 Å². The van der Waals surface area contributed by atoms with E-state index < -0.39 is 145 Å². The molecule has 1 aromatic heterocycles. The molecule has 0 bridgehead atoms. The number of amides is 10. The molecule has 1 aliphatic heterocycles.